The monoisotopic (exact) mass is 496 g/mol. The van der Waals surface area contributed by atoms with E-state index in [0.29, 0.717) is 45.0 Å². The second-order valence-corrected chi connectivity index (χ2v) is 10.8. The van der Waals surface area contributed by atoms with E-state index in [0.717, 1.165) is 10.8 Å². The zero-order valence-corrected chi connectivity index (χ0v) is 20.2. The molecule has 0 unspecified atom stereocenters. The maximum absolute atomic E-state index is 13.2. The van der Waals surface area contributed by atoms with Crippen LogP contribution in [0, 0.1) is 0 Å². The van der Waals surface area contributed by atoms with Gasteiger partial charge in [-0.05, 0) is 35.0 Å². The molecular formula is C25H28N4O5S. The minimum Gasteiger partial charge on any atom is -0.459 e. The van der Waals surface area contributed by atoms with Gasteiger partial charge in [-0.1, -0.05) is 30.3 Å². The van der Waals surface area contributed by atoms with Crippen LogP contribution in [-0.2, 0) is 14.8 Å². The van der Waals surface area contributed by atoms with Crippen molar-refractivity contribution in [2.45, 2.75) is 4.90 Å². The molecule has 0 aliphatic carbocycles. The summed E-state index contributed by atoms with van der Waals surface area (Å²) in [7, 11) is -3.62. The van der Waals surface area contributed by atoms with Gasteiger partial charge in [-0.25, -0.2) is 8.42 Å². The van der Waals surface area contributed by atoms with Gasteiger partial charge in [0.05, 0.1) is 17.7 Å². The van der Waals surface area contributed by atoms with E-state index in [4.69, 9.17) is 4.42 Å². The van der Waals surface area contributed by atoms with Crippen molar-refractivity contribution in [2.24, 2.45) is 0 Å². The average molecular weight is 497 g/mol. The van der Waals surface area contributed by atoms with Crippen LogP contribution in [0.3, 0.4) is 0 Å². The topological polar surface area (TPSA) is 94.4 Å². The van der Waals surface area contributed by atoms with E-state index in [9.17, 15) is 18.0 Å². The van der Waals surface area contributed by atoms with Crippen molar-refractivity contribution < 1.29 is 22.4 Å². The van der Waals surface area contributed by atoms with Crippen LogP contribution in [-0.4, -0.2) is 98.1 Å². The van der Waals surface area contributed by atoms with Crippen molar-refractivity contribution in [3.05, 3.63) is 66.6 Å². The highest BCUT2D eigenvalue weighted by atomic mass is 32.2. The molecule has 0 atom stereocenters. The zero-order chi connectivity index (χ0) is 24.4. The molecule has 0 bridgehead atoms. The largest absolute Gasteiger partial charge is 0.459 e. The summed E-state index contributed by atoms with van der Waals surface area (Å²) < 4.78 is 33.0. The molecule has 0 spiro atoms. The van der Waals surface area contributed by atoms with Crippen LogP contribution < -0.4 is 0 Å². The summed E-state index contributed by atoms with van der Waals surface area (Å²) in [6.45, 7) is 3.81. The Bertz CT molecular complexity index is 1310. The third-order valence-corrected chi connectivity index (χ3v) is 8.60. The van der Waals surface area contributed by atoms with Gasteiger partial charge in [-0.2, -0.15) is 4.31 Å². The minimum atomic E-state index is -3.62. The fraction of sp³-hybridized carbons (Fsp3) is 0.360. The van der Waals surface area contributed by atoms with Gasteiger partial charge < -0.3 is 14.2 Å². The Balaban J connectivity index is 1.12. The van der Waals surface area contributed by atoms with E-state index < -0.39 is 10.0 Å². The Kier molecular flexibility index (Phi) is 6.59. The predicted octanol–water partition coefficient (Wildman–Crippen LogP) is 1.72. The van der Waals surface area contributed by atoms with Gasteiger partial charge in [0.15, 0.2) is 5.76 Å². The van der Waals surface area contributed by atoms with Crippen LogP contribution in [0.2, 0.25) is 0 Å². The Labute approximate surface area is 204 Å². The molecule has 2 aliphatic rings. The molecule has 2 saturated heterocycles. The average Bonchev–Trinajstić information content (AvgIpc) is 3.43. The van der Waals surface area contributed by atoms with Crippen LogP contribution in [0.1, 0.15) is 10.6 Å². The van der Waals surface area contributed by atoms with Crippen molar-refractivity contribution in [3.8, 4) is 0 Å². The van der Waals surface area contributed by atoms with Gasteiger partial charge in [-0.3, -0.25) is 14.5 Å². The number of carbonyl (C=O) groups is 2. The lowest BCUT2D eigenvalue weighted by atomic mass is 10.1. The van der Waals surface area contributed by atoms with Gasteiger partial charge in [0.1, 0.15) is 0 Å². The molecule has 184 valence electrons. The summed E-state index contributed by atoms with van der Waals surface area (Å²) >= 11 is 0. The number of benzene rings is 2. The third kappa shape index (κ3) is 4.95. The highest BCUT2D eigenvalue weighted by Gasteiger charge is 2.31. The molecule has 10 heteroatoms. The molecule has 5 rings (SSSR count). The quantitative estimate of drug-likeness (QED) is 0.534. The van der Waals surface area contributed by atoms with Crippen molar-refractivity contribution in [1.29, 1.82) is 0 Å². The number of furan rings is 1. The lowest BCUT2D eigenvalue weighted by Gasteiger charge is -2.37. The van der Waals surface area contributed by atoms with E-state index in [2.05, 4.69) is 0 Å². The summed E-state index contributed by atoms with van der Waals surface area (Å²) in [5, 5.41) is 1.88. The van der Waals surface area contributed by atoms with E-state index in [1.165, 1.54) is 10.6 Å². The Morgan fingerprint density at radius 2 is 1.46 bits per heavy atom. The lowest BCUT2D eigenvalue weighted by Crippen LogP contribution is -2.55. The number of carbonyl (C=O) groups excluding carboxylic acids is 2. The van der Waals surface area contributed by atoms with E-state index in [1.807, 2.05) is 35.2 Å². The molecule has 3 heterocycles. The first-order chi connectivity index (χ1) is 16.9. The molecule has 2 fully saturated rings. The number of amides is 2. The number of sulfonamides is 1. The standard InChI is InChI=1S/C25H28N4O5S/c30-24(19-26-9-11-28(12-10-26)25(31)23-6-3-17-34-23)27-13-15-29(16-14-27)35(32,33)22-8-7-20-4-1-2-5-21(20)18-22/h1-8,17-18H,9-16,19H2. The third-order valence-electron chi connectivity index (χ3n) is 6.70. The van der Waals surface area contributed by atoms with Crippen LogP contribution in [0.4, 0.5) is 0 Å². The molecular weight excluding hydrogens is 468 g/mol. The smallest absolute Gasteiger partial charge is 0.289 e. The Morgan fingerprint density at radius 1 is 0.771 bits per heavy atom. The summed E-state index contributed by atoms with van der Waals surface area (Å²) in [4.78, 5) is 31.0. The fourth-order valence-electron chi connectivity index (χ4n) is 4.61. The SMILES string of the molecule is O=C(CN1CCN(C(=O)c2ccco2)CC1)N1CCN(S(=O)(=O)c2ccc3ccccc3c2)CC1. The second-order valence-electron chi connectivity index (χ2n) is 8.84. The highest BCUT2D eigenvalue weighted by Crippen LogP contribution is 2.23. The van der Waals surface area contributed by atoms with Crippen molar-refractivity contribution in [3.63, 3.8) is 0 Å². The second kappa shape index (κ2) is 9.80. The minimum absolute atomic E-state index is 0.0152. The number of rotatable bonds is 5. The summed E-state index contributed by atoms with van der Waals surface area (Å²) in [5.41, 5.74) is 0. The molecule has 2 aliphatic heterocycles. The van der Waals surface area contributed by atoms with Crippen LogP contribution in [0.15, 0.2) is 70.2 Å². The molecule has 0 N–H and O–H groups in total. The van der Waals surface area contributed by atoms with Crippen LogP contribution in [0.5, 0.6) is 0 Å². The molecule has 2 aromatic carbocycles. The number of hydrogen-bond acceptors (Lipinski definition) is 6. The van der Waals surface area contributed by atoms with E-state index in [1.54, 1.807) is 34.1 Å². The Morgan fingerprint density at radius 3 is 2.14 bits per heavy atom. The normalized spacial score (nSPS) is 18.2. The first kappa shape index (κ1) is 23.5. The van der Waals surface area contributed by atoms with Crippen molar-refractivity contribution in [2.75, 3.05) is 58.9 Å². The fourth-order valence-corrected chi connectivity index (χ4v) is 6.07. The molecule has 9 nitrogen and oxygen atoms in total. The van der Waals surface area contributed by atoms with Gasteiger partial charge in [0, 0.05) is 52.4 Å². The Hall–Kier alpha value is -3.21. The molecule has 0 saturated carbocycles. The van der Waals surface area contributed by atoms with E-state index >= 15 is 0 Å². The molecule has 0 radical (unpaired) electrons. The molecule has 3 aromatic rings. The first-order valence-electron chi connectivity index (χ1n) is 11.7. The molecule has 1 aromatic heterocycles. The maximum Gasteiger partial charge on any atom is 0.289 e. The summed E-state index contributed by atoms with van der Waals surface area (Å²) in [6.07, 6.45) is 1.48. The first-order valence-corrected chi connectivity index (χ1v) is 13.2. The zero-order valence-electron chi connectivity index (χ0n) is 19.4. The molecule has 2 amide bonds. The van der Waals surface area contributed by atoms with Crippen molar-refractivity contribution >= 4 is 32.6 Å². The van der Waals surface area contributed by atoms with Gasteiger partial charge >= 0.3 is 0 Å². The van der Waals surface area contributed by atoms with Gasteiger partial charge in [-0.15, -0.1) is 0 Å². The van der Waals surface area contributed by atoms with E-state index in [-0.39, 0.29) is 36.3 Å². The number of nitrogens with zero attached hydrogens (tertiary/aromatic N) is 4. The lowest BCUT2D eigenvalue weighted by molar-refractivity contribution is -0.133. The highest BCUT2D eigenvalue weighted by molar-refractivity contribution is 7.89. The van der Waals surface area contributed by atoms with Gasteiger partial charge in [0.25, 0.3) is 5.91 Å². The molecule has 35 heavy (non-hydrogen) atoms. The summed E-state index contributed by atoms with van der Waals surface area (Å²) in [5.74, 6) is 0.175. The van der Waals surface area contributed by atoms with Gasteiger partial charge in [0.2, 0.25) is 15.9 Å². The van der Waals surface area contributed by atoms with Crippen LogP contribution >= 0.6 is 0 Å². The van der Waals surface area contributed by atoms with Crippen molar-refractivity contribution in [1.82, 2.24) is 19.0 Å². The number of fused-ring (bicyclic) bond motifs is 1. The number of hydrogen-bond donors (Lipinski definition) is 0. The van der Waals surface area contributed by atoms with Crippen LogP contribution in [0.25, 0.3) is 10.8 Å². The number of piperazine rings is 2. The maximum atomic E-state index is 13.2. The summed E-state index contributed by atoms with van der Waals surface area (Å²) in [6, 6.07) is 16.2. The predicted molar refractivity (Wildman–Crippen MR) is 130 cm³/mol.